The van der Waals surface area contributed by atoms with Crippen molar-refractivity contribution in [3.05, 3.63) is 107 Å². The number of imidazole rings is 2. The van der Waals surface area contributed by atoms with Crippen molar-refractivity contribution in [3.63, 3.8) is 0 Å². The highest BCUT2D eigenvalue weighted by atomic mass is 16.5. The van der Waals surface area contributed by atoms with Crippen LogP contribution in [0.3, 0.4) is 0 Å². The predicted molar refractivity (Wildman–Crippen MR) is 215 cm³/mol. The Hall–Kier alpha value is -6.32. The average Bonchev–Trinajstić information content (AvgIpc) is 3.94. The highest BCUT2D eigenvalue weighted by molar-refractivity contribution is 6.06. The molecule has 0 saturated carbocycles. The SMILES string of the molecule is CCCCOC(=O)[C@H](Cc1ccccc1)NC(=O)c1nc[nH]c1C(=O)NCCCCCCNC(=O)c1[nH]cnc1C(=O)N[C@@H](Cc1ccccc1)C(=O)OCCCC. The van der Waals surface area contributed by atoms with Crippen LogP contribution in [0.5, 0.6) is 0 Å². The molecule has 0 fully saturated rings. The molecule has 0 aliphatic heterocycles. The Morgan fingerprint density at radius 3 is 1.33 bits per heavy atom. The number of rotatable bonds is 25. The van der Waals surface area contributed by atoms with Gasteiger partial charge in [0.15, 0.2) is 11.4 Å². The minimum atomic E-state index is -0.972. The zero-order chi connectivity index (χ0) is 41.5. The molecule has 2 atom stereocenters. The second-order valence-electron chi connectivity index (χ2n) is 13.7. The van der Waals surface area contributed by atoms with Crippen molar-refractivity contribution in [2.75, 3.05) is 26.3 Å². The molecule has 2 aromatic heterocycles. The summed E-state index contributed by atoms with van der Waals surface area (Å²) in [7, 11) is 0. The zero-order valence-electron chi connectivity index (χ0n) is 33.1. The molecule has 16 nitrogen and oxygen atoms in total. The standard InChI is InChI=1S/C42H54N8O8/c1-3-5-23-57-41(55)31(25-29-17-11-9-12-18-29)49-39(53)35-33(45-27-47-35)37(51)43-21-15-7-8-16-22-44-38(52)34-36(48-28-46-34)40(54)50-32(42(56)58-24-6-4-2)26-30-19-13-10-14-20-30/h9-14,17-20,27-28,31-32H,3-8,15-16,21-26H2,1-2H3,(H,43,51)(H,44,52)(H,45,47)(H,46,48)(H,49,53)(H,50,54)/t31-,32-/m0/s1. The Morgan fingerprint density at radius 1 is 0.552 bits per heavy atom. The number of benzene rings is 2. The fourth-order valence-electron chi connectivity index (χ4n) is 5.84. The molecule has 4 amide bonds. The number of hydrogen-bond donors (Lipinski definition) is 6. The van der Waals surface area contributed by atoms with Crippen LogP contribution in [-0.4, -0.2) is 93.9 Å². The normalized spacial score (nSPS) is 11.8. The van der Waals surface area contributed by atoms with Crippen molar-refractivity contribution in [1.82, 2.24) is 41.2 Å². The molecule has 0 radical (unpaired) electrons. The van der Waals surface area contributed by atoms with Crippen LogP contribution in [0.25, 0.3) is 0 Å². The maximum atomic E-state index is 13.2. The third-order valence-electron chi connectivity index (χ3n) is 9.07. The summed E-state index contributed by atoms with van der Waals surface area (Å²) in [5.74, 6) is -3.52. The van der Waals surface area contributed by atoms with Gasteiger partial charge in [-0.3, -0.25) is 19.2 Å². The lowest BCUT2D eigenvalue weighted by Crippen LogP contribution is -2.44. The van der Waals surface area contributed by atoms with Gasteiger partial charge in [0.05, 0.1) is 25.9 Å². The van der Waals surface area contributed by atoms with Gasteiger partial charge in [0.25, 0.3) is 23.6 Å². The number of hydrogen-bond acceptors (Lipinski definition) is 10. The largest absolute Gasteiger partial charge is 0.464 e. The Bertz CT molecular complexity index is 1780. The summed E-state index contributed by atoms with van der Waals surface area (Å²) in [4.78, 5) is 91.7. The van der Waals surface area contributed by atoms with Crippen LogP contribution in [0.4, 0.5) is 0 Å². The Morgan fingerprint density at radius 2 is 0.948 bits per heavy atom. The molecule has 310 valence electrons. The second kappa shape index (κ2) is 24.3. The number of nitrogens with one attached hydrogen (secondary N) is 6. The molecule has 0 bridgehead atoms. The number of nitrogens with zero attached hydrogens (tertiary/aromatic N) is 2. The van der Waals surface area contributed by atoms with Crippen molar-refractivity contribution in [3.8, 4) is 0 Å². The number of amides is 4. The van der Waals surface area contributed by atoms with E-state index in [1.54, 1.807) is 0 Å². The lowest BCUT2D eigenvalue weighted by molar-refractivity contribution is -0.146. The maximum absolute atomic E-state index is 13.2. The number of esters is 2. The smallest absolute Gasteiger partial charge is 0.328 e. The molecule has 4 aromatic rings. The Balaban J connectivity index is 1.19. The number of aromatic amines is 2. The van der Waals surface area contributed by atoms with Gasteiger partial charge >= 0.3 is 11.9 Å². The second-order valence-corrected chi connectivity index (χ2v) is 13.7. The lowest BCUT2D eigenvalue weighted by Gasteiger charge is -2.18. The molecule has 16 heteroatoms. The van der Waals surface area contributed by atoms with E-state index in [0.717, 1.165) is 36.8 Å². The van der Waals surface area contributed by atoms with E-state index < -0.39 is 47.7 Å². The molecule has 58 heavy (non-hydrogen) atoms. The van der Waals surface area contributed by atoms with Crippen LogP contribution in [0, 0.1) is 0 Å². The van der Waals surface area contributed by atoms with Crippen LogP contribution < -0.4 is 21.3 Å². The van der Waals surface area contributed by atoms with Crippen LogP contribution in [0.15, 0.2) is 73.3 Å². The lowest BCUT2D eigenvalue weighted by atomic mass is 10.1. The summed E-state index contributed by atoms with van der Waals surface area (Å²) in [6.45, 7) is 5.10. The van der Waals surface area contributed by atoms with Crippen molar-refractivity contribution in [1.29, 1.82) is 0 Å². The van der Waals surface area contributed by atoms with Crippen molar-refractivity contribution < 1.29 is 38.2 Å². The molecule has 0 spiro atoms. The van der Waals surface area contributed by atoms with Crippen molar-refractivity contribution in [2.24, 2.45) is 0 Å². The maximum Gasteiger partial charge on any atom is 0.328 e. The first kappa shape index (κ1) is 44.4. The fraction of sp³-hybridized carbons (Fsp3) is 0.429. The summed E-state index contributed by atoms with van der Waals surface area (Å²) in [5.41, 5.74) is 1.35. The Kier molecular flexibility index (Phi) is 18.6. The van der Waals surface area contributed by atoms with E-state index in [-0.39, 0.29) is 48.8 Å². The van der Waals surface area contributed by atoms with Gasteiger partial charge in [-0.1, -0.05) is 100 Å². The van der Waals surface area contributed by atoms with Crippen molar-refractivity contribution in [2.45, 2.75) is 90.1 Å². The molecule has 0 aliphatic carbocycles. The predicted octanol–water partition coefficient (Wildman–Crippen LogP) is 4.22. The van der Waals surface area contributed by atoms with E-state index in [1.165, 1.54) is 12.7 Å². The average molecular weight is 799 g/mol. The molecular formula is C42H54N8O8. The highest BCUT2D eigenvalue weighted by Gasteiger charge is 2.29. The van der Waals surface area contributed by atoms with E-state index in [0.29, 0.717) is 38.8 Å². The van der Waals surface area contributed by atoms with Crippen LogP contribution in [-0.2, 0) is 31.9 Å². The number of carbonyl (C=O) groups is 6. The summed E-state index contributed by atoms with van der Waals surface area (Å²) in [5, 5.41) is 11.0. The zero-order valence-corrected chi connectivity index (χ0v) is 33.1. The van der Waals surface area contributed by atoms with E-state index in [4.69, 9.17) is 9.47 Å². The third-order valence-corrected chi connectivity index (χ3v) is 9.07. The molecule has 4 rings (SSSR count). The van der Waals surface area contributed by atoms with E-state index >= 15 is 0 Å². The summed E-state index contributed by atoms with van der Waals surface area (Å²) in [6, 6.07) is 16.5. The van der Waals surface area contributed by atoms with Gasteiger partial charge in [0.2, 0.25) is 0 Å². The molecular weight excluding hydrogens is 745 g/mol. The number of aromatic nitrogens is 4. The summed E-state index contributed by atoms with van der Waals surface area (Å²) >= 11 is 0. The molecule has 0 aliphatic rings. The first-order valence-corrected chi connectivity index (χ1v) is 19.9. The minimum absolute atomic E-state index is 0.0245. The third kappa shape index (κ3) is 14.3. The summed E-state index contributed by atoms with van der Waals surface area (Å²) < 4.78 is 10.8. The number of unbranched alkanes of at least 4 members (excludes halogenated alkanes) is 5. The van der Waals surface area contributed by atoms with Gasteiger partial charge in [-0.25, -0.2) is 19.6 Å². The van der Waals surface area contributed by atoms with Crippen molar-refractivity contribution >= 4 is 35.6 Å². The first-order chi connectivity index (χ1) is 28.2. The van der Waals surface area contributed by atoms with Gasteiger partial charge in [-0.2, -0.15) is 0 Å². The van der Waals surface area contributed by atoms with Gasteiger partial charge in [0, 0.05) is 25.9 Å². The number of carbonyl (C=O) groups excluding carboxylic acids is 6. The molecule has 0 unspecified atom stereocenters. The van der Waals surface area contributed by atoms with E-state index in [2.05, 4.69) is 41.2 Å². The van der Waals surface area contributed by atoms with Gasteiger partial charge in [0.1, 0.15) is 23.5 Å². The van der Waals surface area contributed by atoms with Crippen LogP contribution >= 0.6 is 0 Å². The molecule has 6 N–H and O–H groups in total. The molecule has 0 saturated heterocycles. The van der Waals surface area contributed by atoms with E-state index in [1.807, 2.05) is 74.5 Å². The fourth-order valence-corrected chi connectivity index (χ4v) is 5.84. The first-order valence-electron chi connectivity index (χ1n) is 19.9. The molecule has 2 aromatic carbocycles. The van der Waals surface area contributed by atoms with Gasteiger partial charge in [-0.15, -0.1) is 0 Å². The van der Waals surface area contributed by atoms with Crippen LogP contribution in [0.2, 0.25) is 0 Å². The minimum Gasteiger partial charge on any atom is -0.464 e. The summed E-state index contributed by atoms with van der Waals surface area (Å²) in [6.07, 6.45) is 8.76. The van der Waals surface area contributed by atoms with Gasteiger partial charge < -0.3 is 40.7 Å². The Labute approximate surface area is 338 Å². The van der Waals surface area contributed by atoms with Gasteiger partial charge in [-0.05, 0) is 36.8 Å². The molecule has 2 heterocycles. The topological polar surface area (TPSA) is 226 Å². The highest BCUT2D eigenvalue weighted by Crippen LogP contribution is 2.11. The number of ether oxygens (including phenoxy) is 2. The van der Waals surface area contributed by atoms with E-state index in [9.17, 15) is 28.8 Å². The quantitative estimate of drug-likeness (QED) is 0.0413. The number of H-pyrrole nitrogens is 2. The van der Waals surface area contributed by atoms with Crippen LogP contribution in [0.1, 0.15) is 118 Å². The monoisotopic (exact) mass is 798 g/mol.